The molecule has 1 N–H and O–H groups in total. The van der Waals surface area contributed by atoms with Gasteiger partial charge in [-0.2, -0.15) is 0 Å². The van der Waals surface area contributed by atoms with Crippen molar-refractivity contribution in [2.45, 2.75) is 13.8 Å². The predicted octanol–water partition coefficient (Wildman–Crippen LogP) is 3.67. The highest BCUT2D eigenvalue weighted by molar-refractivity contribution is 5.64. The van der Waals surface area contributed by atoms with Crippen molar-refractivity contribution < 1.29 is 0 Å². The molecule has 0 saturated heterocycles. The number of allylic oxidation sites excluding steroid dienone is 2. The second-order valence-corrected chi connectivity index (χ2v) is 3.26. The van der Waals surface area contributed by atoms with Crippen LogP contribution in [0, 0.1) is 0 Å². The monoisotopic (exact) mass is 173 g/mol. The van der Waals surface area contributed by atoms with Crippen molar-refractivity contribution >= 4 is 11.3 Å². The summed E-state index contributed by atoms with van der Waals surface area (Å²) in [6.45, 7) is 11.6. The zero-order chi connectivity index (χ0) is 9.84. The minimum atomic E-state index is 0.947. The van der Waals surface area contributed by atoms with Crippen LogP contribution in [0.2, 0.25) is 0 Å². The maximum atomic E-state index is 3.88. The van der Waals surface area contributed by atoms with Crippen LogP contribution in [0.5, 0.6) is 0 Å². The van der Waals surface area contributed by atoms with Crippen molar-refractivity contribution in [2.24, 2.45) is 0 Å². The summed E-state index contributed by atoms with van der Waals surface area (Å²) in [5.41, 5.74) is 4.27. The summed E-state index contributed by atoms with van der Waals surface area (Å²) in [4.78, 5) is 0. The van der Waals surface area contributed by atoms with Crippen LogP contribution in [0.4, 0.5) is 5.69 Å². The molecule has 0 aliphatic heterocycles. The fourth-order valence-corrected chi connectivity index (χ4v) is 1.08. The van der Waals surface area contributed by atoms with Gasteiger partial charge in [-0.1, -0.05) is 30.9 Å². The lowest BCUT2D eigenvalue weighted by Gasteiger charge is -2.06. The average Bonchev–Trinajstić information content (AvgIpc) is 2.04. The Morgan fingerprint density at radius 3 is 2.00 bits per heavy atom. The van der Waals surface area contributed by atoms with Crippen molar-refractivity contribution in [1.29, 1.82) is 0 Å². The molecule has 0 amide bonds. The number of hydrogen-bond acceptors (Lipinski definition) is 1. The van der Waals surface area contributed by atoms with Gasteiger partial charge in [0.1, 0.15) is 0 Å². The summed E-state index contributed by atoms with van der Waals surface area (Å²) in [5, 5.41) is 3.15. The zero-order valence-electron chi connectivity index (χ0n) is 8.22. The van der Waals surface area contributed by atoms with Crippen LogP contribution in [0.15, 0.2) is 43.1 Å². The average molecular weight is 173 g/mol. The molecule has 0 saturated carbocycles. The highest BCUT2D eigenvalue weighted by atomic mass is 14.9. The second kappa shape index (κ2) is 3.94. The smallest absolute Gasteiger partial charge is 0.0381 e. The Morgan fingerprint density at radius 2 is 1.62 bits per heavy atom. The van der Waals surface area contributed by atoms with Gasteiger partial charge in [0.25, 0.3) is 0 Å². The molecule has 0 heterocycles. The molecule has 0 bridgehead atoms. The number of nitrogens with one attached hydrogen (secondary N) is 1. The molecule has 1 rings (SSSR count). The van der Waals surface area contributed by atoms with Gasteiger partial charge in [-0.15, -0.1) is 0 Å². The summed E-state index contributed by atoms with van der Waals surface area (Å²) in [6, 6.07) is 8.15. The molecule has 0 unspecified atom stereocenters. The summed E-state index contributed by atoms with van der Waals surface area (Å²) in [7, 11) is 0. The third kappa shape index (κ3) is 2.79. The van der Waals surface area contributed by atoms with Gasteiger partial charge in [-0.25, -0.2) is 0 Å². The lowest BCUT2D eigenvalue weighted by molar-refractivity contribution is 1.39. The Kier molecular flexibility index (Phi) is 2.91. The lowest BCUT2D eigenvalue weighted by atomic mass is 10.1. The lowest BCUT2D eigenvalue weighted by Crippen LogP contribution is -1.92. The molecule has 68 valence electrons. The Labute approximate surface area is 79.8 Å². The first-order valence-electron chi connectivity index (χ1n) is 4.28. The number of anilines is 1. The quantitative estimate of drug-likeness (QED) is 0.735. The van der Waals surface area contributed by atoms with E-state index < -0.39 is 0 Å². The molecule has 13 heavy (non-hydrogen) atoms. The molecule has 0 aromatic heterocycles. The first-order chi connectivity index (χ1) is 6.09. The van der Waals surface area contributed by atoms with Gasteiger partial charge in [-0.05, 0) is 31.5 Å². The molecule has 0 aliphatic carbocycles. The van der Waals surface area contributed by atoms with Crippen LogP contribution in [0.25, 0.3) is 5.57 Å². The third-order valence-corrected chi connectivity index (χ3v) is 1.74. The molecule has 1 aromatic rings. The molecule has 0 radical (unpaired) electrons. The van der Waals surface area contributed by atoms with E-state index in [9.17, 15) is 0 Å². The van der Waals surface area contributed by atoms with Crippen LogP contribution in [-0.4, -0.2) is 0 Å². The number of hydrogen-bond donors (Lipinski definition) is 1. The predicted molar refractivity (Wildman–Crippen MR) is 59.6 cm³/mol. The van der Waals surface area contributed by atoms with E-state index in [0.717, 1.165) is 17.0 Å². The minimum Gasteiger partial charge on any atom is -0.360 e. The Morgan fingerprint density at radius 1 is 1.08 bits per heavy atom. The molecular weight excluding hydrogens is 158 g/mol. The van der Waals surface area contributed by atoms with Crippen molar-refractivity contribution in [1.82, 2.24) is 0 Å². The van der Waals surface area contributed by atoms with Crippen LogP contribution in [-0.2, 0) is 0 Å². The van der Waals surface area contributed by atoms with E-state index in [1.54, 1.807) is 0 Å². The van der Waals surface area contributed by atoms with Crippen molar-refractivity contribution in [2.75, 3.05) is 5.32 Å². The SMILES string of the molecule is C=C(C)Nc1ccc(C(=C)C)cc1. The second-order valence-electron chi connectivity index (χ2n) is 3.26. The van der Waals surface area contributed by atoms with Gasteiger partial charge >= 0.3 is 0 Å². The van der Waals surface area contributed by atoms with Crippen LogP contribution < -0.4 is 5.32 Å². The van der Waals surface area contributed by atoms with E-state index >= 15 is 0 Å². The fourth-order valence-electron chi connectivity index (χ4n) is 1.08. The Balaban J connectivity index is 2.81. The highest BCUT2D eigenvalue weighted by Crippen LogP contribution is 2.15. The van der Waals surface area contributed by atoms with E-state index in [1.807, 2.05) is 38.1 Å². The molecule has 1 heteroatoms. The largest absolute Gasteiger partial charge is 0.360 e. The maximum absolute atomic E-state index is 3.88. The van der Waals surface area contributed by atoms with E-state index in [1.165, 1.54) is 5.56 Å². The normalized spacial score (nSPS) is 9.38. The molecule has 0 atom stereocenters. The van der Waals surface area contributed by atoms with Gasteiger partial charge in [0.15, 0.2) is 0 Å². The van der Waals surface area contributed by atoms with E-state index in [4.69, 9.17) is 0 Å². The van der Waals surface area contributed by atoms with Crippen LogP contribution >= 0.6 is 0 Å². The Bertz CT molecular complexity index is 319. The molecule has 0 aliphatic rings. The first-order valence-corrected chi connectivity index (χ1v) is 4.28. The van der Waals surface area contributed by atoms with Crippen molar-refractivity contribution in [3.05, 3.63) is 48.7 Å². The van der Waals surface area contributed by atoms with Gasteiger partial charge in [0.2, 0.25) is 0 Å². The molecule has 0 spiro atoms. The van der Waals surface area contributed by atoms with E-state index in [-0.39, 0.29) is 0 Å². The van der Waals surface area contributed by atoms with E-state index in [0.29, 0.717) is 0 Å². The minimum absolute atomic E-state index is 0.947. The summed E-state index contributed by atoms with van der Waals surface area (Å²) < 4.78 is 0. The fraction of sp³-hybridized carbons (Fsp3) is 0.167. The van der Waals surface area contributed by atoms with Gasteiger partial charge in [-0.3, -0.25) is 0 Å². The topological polar surface area (TPSA) is 12.0 Å². The first kappa shape index (κ1) is 9.59. The molecule has 1 nitrogen and oxygen atoms in total. The summed E-state index contributed by atoms with van der Waals surface area (Å²) >= 11 is 0. The van der Waals surface area contributed by atoms with Crippen molar-refractivity contribution in [3.63, 3.8) is 0 Å². The third-order valence-electron chi connectivity index (χ3n) is 1.74. The Hall–Kier alpha value is -1.50. The zero-order valence-corrected chi connectivity index (χ0v) is 8.22. The number of rotatable bonds is 3. The number of benzene rings is 1. The van der Waals surface area contributed by atoms with Gasteiger partial charge in [0, 0.05) is 11.4 Å². The molecule has 0 fully saturated rings. The standard InChI is InChI=1S/C12H15N/c1-9(2)11-5-7-12(8-6-11)13-10(3)4/h5-8,13H,1,3H2,2,4H3. The van der Waals surface area contributed by atoms with E-state index in [2.05, 4.69) is 18.5 Å². The van der Waals surface area contributed by atoms with Crippen molar-refractivity contribution in [3.8, 4) is 0 Å². The maximum Gasteiger partial charge on any atom is 0.0381 e. The van der Waals surface area contributed by atoms with Gasteiger partial charge < -0.3 is 5.32 Å². The molecular formula is C12H15N. The summed E-state index contributed by atoms with van der Waals surface area (Å²) in [5.74, 6) is 0. The summed E-state index contributed by atoms with van der Waals surface area (Å²) in [6.07, 6.45) is 0. The van der Waals surface area contributed by atoms with Gasteiger partial charge in [0.05, 0.1) is 0 Å². The molecule has 1 aromatic carbocycles. The van der Waals surface area contributed by atoms with Crippen LogP contribution in [0.3, 0.4) is 0 Å². The highest BCUT2D eigenvalue weighted by Gasteiger charge is 1.93. The van der Waals surface area contributed by atoms with Crippen LogP contribution in [0.1, 0.15) is 19.4 Å².